The summed E-state index contributed by atoms with van der Waals surface area (Å²) in [6, 6.07) is 7.88. The van der Waals surface area contributed by atoms with Gasteiger partial charge < -0.3 is 9.84 Å². The molecule has 5 heteroatoms. The van der Waals surface area contributed by atoms with Gasteiger partial charge in [-0.05, 0) is 12.1 Å². The normalized spacial score (nSPS) is 11.1. The smallest absolute Gasteiger partial charge is 0.228 e. The third-order valence-electron chi connectivity index (χ3n) is 2.44. The predicted molar refractivity (Wildman–Crippen MR) is 71.6 cm³/mol. The Hall–Kier alpha value is -1.39. The first-order valence-electron chi connectivity index (χ1n) is 5.97. The van der Waals surface area contributed by atoms with Crippen molar-refractivity contribution in [3.8, 4) is 11.4 Å². The number of halogens is 1. The molecule has 0 amide bonds. The van der Waals surface area contributed by atoms with Gasteiger partial charge in [0.1, 0.15) is 0 Å². The molecule has 0 saturated carbocycles. The Bertz CT molecular complexity index is 510. The highest BCUT2D eigenvalue weighted by Gasteiger charge is 2.08. The van der Waals surface area contributed by atoms with Crippen molar-refractivity contribution in [1.82, 2.24) is 15.5 Å². The van der Waals surface area contributed by atoms with Crippen molar-refractivity contribution in [1.29, 1.82) is 0 Å². The fraction of sp³-hybridized carbons (Fsp3) is 0.385. The number of hydrogen-bond acceptors (Lipinski definition) is 4. The Morgan fingerprint density at radius 3 is 2.94 bits per heavy atom. The maximum Gasteiger partial charge on any atom is 0.228 e. The maximum absolute atomic E-state index is 5.92. The molecule has 0 bridgehead atoms. The maximum atomic E-state index is 5.92. The summed E-state index contributed by atoms with van der Waals surface area (Å²) in [7, 11) is 0. The molecule has 0 unspecified atom stereocenters. The lowest BCUT2D eigenvalue weighted by atomic mass is 10.2. The summed E-state index contributed by atoms with van der Waals surface area (Å²) in [6.45, 7) is 5.03. The van der Waals surface area contributed by atoms with E-state index < -0.39 is 0 Å². The number of aromatic nitrogens is 2. The molecule has 0 spiro atoms. The lowest BCUT2D eigenvalue weighted by Gasteiger charge is -2.04. The standard InChI is InChI=1S/C13H16ClN3O/c1-9(2)15-7-6-12-16-13(17-18-12)10-4-3-5-11(14)8-10/h3-5,8-9,15H,6-7H2,1-2H3. The molecule has 1 N–H and O–H groups in total. The van der Waals surface area contributed by atoms with Gasteiger partial charge >= 0.3 is 0 Å². The molecule has 2 aromatic rings. The van der Waals surface area contributed by atoms with Crippen molar-refractivity contribution in [2.75, 3.05) is 6.54 Å². The van der Waals surface area contributed by atoms with Crippen molar-refractivity contribution < 1.29 is 4.52 Å². The van der Waals surface area contributed by atoms with E-state index in [0.29, 0.717) is 22.8 Å². The number of benzene rings is 1. The van der Waals surface area contributed by atoms with Crippen LogP contribution in [0.1, 0.15) is 19.7 Å². The van der Waals surface area contributed by atoms with E-state index in [4.69, 9.17) is 16.1 Å². The fourth-order valence-electron chi connectivity index (χ4n) is 1.57. The van der Waals surface area contributed by atoms with Gasteiger partial charge in [0.15, 0.2) is 0 Å². The number of nitrogens with one attached hydrogen (secondary N) is 1. The van der Waals surface area contributed by atoms with Crippen molar-refractivity contribution in [3.05, 3.63) is 35.2 Å². The molecule has 0 aliphatic carbocycles. The lowest BCUT2D eigenvalue weighted by molar-refractivity contribution is 0.374. The van der Waals surface area contributed by atoms with Gasteiger partial charge in [-0.15, -0.1) is 0 Å². The number of rotatable bonds is 5. The molecule has 0 saturated heterocycles. The Morgan fingerprint density at radius 1 is 1.39 bits per heavy atom. The minimum Gasteiger partial charge on any atom is -0.339 e. The predicted octanol–water partition coefficient (Wildman–Crippen LogP) is 2.93. The van der Waals surface area contributed by atoms with Crippen LogP contribution in [0.2, 0.25) is 5.02 Å². The van der Waals surface area contributed by atoms with Crippen LogP contribution in [-0.4, -0.2) is 22.7 Å². The summed E-state index contributed by atoms with van der Waals surface area (Å²) in [6.07, 6.45) is 0.728. The molecule has 96 valence electrons. The topological polar surface area (TPSA) is 51.0 Å². The average molecular weight is 266 g/mol. The minimum absolute atomic E-state index is 0.459. The van der Waals surface area contributed by atoms with Crippen LogP contribution in [0.4, 0.5) is 0 Å². The largest absolute Gasteiger partial charge is 0.339 e. The van der Waals surface area contributed by atoms with Crippen molar-refractivity contribution >= 4 is 11.6 Å². The fourth-order valence-corrected chi connectivity index (χ4v) is 1.76. The van der Waals surface area contributed by atoms with E-state index in [0.717, 1.165) is 18.5 Å². The van der Waals surface area contributed by atoms with Crippen LogP contribution in [-0.2, 0) is 6.42 Å². The Balaban J connectivity index is 2.02. The van der Waals surface area contributed by atoms with Gasteiger partial charge in [-0.25, -0.2) is 0 Å². The second-order valence-corrected chi connectivity index (χ2v) is 4.82. The van der Waals surface area contributed by atoms with E-state index in [-0.39, 0.29) is 0 Å². The number of nitrogens with zero attached hydrogens (tertiary/aromatic N) is 2. The molecule has 0 aliphatic heterocycles. The van der Waals surface area contributed by atoms with Gasteiger partial charge in [0, 0.05) is 29.6 Å². The molecule has 2 rings (SSSR count). The van der Waals surface area contributed by atoms with E-state index in [2.05, 4.69) is 29.3 Å². The zero-order valence-electron chi connectivity index (χ0n) is 10.5. The van der Waals surface area contributed by atoms with Crippen molar-refractivity contribution in [2.45, 2.75) is 26.3 Å². The van der Waals surface area contributed by atoms with E-state index in [1.54, 1.807) is 0 Å². The van der Waals surface area contributed by atoms with Gasteiger partial charge in [0.05, 0.1) is 0 Å². The first-order valence-corrected chi connectivity index (χ1v) is 6.35. The first kappa shape index (κ1) is 13.1. The van der Waals surface area contributed by atoms with Crippen molar-refractivity contribution in [2.24, 2.45) is 0 Å². The van der Waals surface area contributed by atoms with Crippen LogP contribution in [0, 0.1) is 0 Å². The van der Waals surface area contributed by atoms with E-state index in [9.17, 15) is 0 Å². The zero-order valence-corrected chi connectivity index (χ0v) is 11.2. The second-order valence-electron chi connectivity index (χ2n) is 4.38. The summed E-state index contributed by atoms with van der Waals surface area (Å²) in [4.78, 5) is 4.34. The molecule has 4 nitrogen and oxygen atoms in total. The highest BCUT2D eigenvalue weighted by atomic mass is 35.5. The summed E-state index contributed by atoms with van der Waals surface area (Å²) < 4.78 is 5.20. The monoisotopic (exact) mass is 265 g/mol. The molecule has 1 heterocycles. The zero-order chi connectivity index (χ0) is 13.0. The second kappa shape index (κ2) is 5.98. The third kappa shape index (κ3) is 3.55. The van der Waals surface area contributed by atoms with Gasteiger partial charge in [-0.2, -0.15) is 4.98 Å². The summed E-state index contributed by atoms with van der Waals surface area (Å²) in [5, 5.41) is 7.92. The van der Waals surface area contributed by atoms with Gasteiger partial charge in [-0.3, -0.25) is 0 Å². The Kier molecular flexibility index (Phi) is 4.33. The molecule has 0 radical (unpaired) electrons. The third-order valence-corrected chi connectivity index (χ3v) is 2.68. The van der Waals surface area contributed by atoms with Gasteiger partial charge in [0.2, 0.25) is 11.7 Å². The van der Waals surface area contributed by atoms with E-state index in [1.165, 1.54) is 0 Å². The lowest BCUT2D eigenvalue weighted by Crippen LogP contribution is -2.25. The van der Waals surface area contributed by atoms with Gasteiger partial charge in [0.25, 0.3) is 0 Å². The summed E-state index contributed by atoms with van der Waals surface area (Å²) in [5.74, 6) is 1.22. The molecular formula is C13H16ClN3O. The molecule has 0 aliphatic rings. The van der Waals surface area contributed by atoms with E-state index in [1.807, 2.05) is 24.3 Å². The Labute approximate surface area is 111 Å². The number of hydrogen-bond donors (Lipinski definition) is 1. The van der Waals surface area contributed by atoms with Crippen LogP contribution < -0.4 is 5.32 Å². The van der Waals surface area contributed by atoms with Crippen molar-refractivity contribution in [3.63, 3.8) is 0 Å². The van der Waals surface area contributed by atoms with Crippen LogP contribution >= 0.6 is 11.6 Å². The SMILES string of the molecule is CC(C)NCCc1nc(-c2cccc(Cl)c2)no1. The van der Waals surface area contributed by atoms with Crippen LogP contribution in [0.15, 0.2) is 28.8 Å². The molecule has 0 atom stereocenters. The first-order chi connectivity index (χ1) is 8.65. The molecule has 1 aromatic carbocycles. The molecule has 1 aromatic heterocycles. The van der Waals surface area contributed by atoms with E-state index >= 15 is 0 Å². The molecule has 0 fully saturated rings. The quantitative estimate of drug-likeness (QED) is 0.903. The van der Waals surface area contributed by atoms with Crippen LogP contribution in [0.5, 0.6) is 0 Å². The van der Waals surface area contributed by atoms with Gasteiger partial charge in [-0.1, -0.05) is 42.7 Å². The highest BCUT2D eigenvalue weighted by molar-refractivity contribution is 6.30. The average Bonchev–Trinajstić information content (AvgIpc) is 2.77. The molecule has 18 heavy (non-hydrogen) atoms. The minimum atomic E-state index is 0.459. The summed E-state index contributed by atoms with van der Waals surface area (Å²) in [5.41, 5.74) is 0.870. The highest BCUT2D eigenvalue weighted by Crippen LogP contribution is 2.19. The Morgan fingerprint density at radius 2 is 2.22 bits per heavy atom. The van der Waals surface area contributed by atoms with Crippen LogP contribution in [0.25, 0.3) is 11.4 Å². The molecular weight excluding hydrogens is 250 g/mol. The summed E-state index contributed by atoms with van der Waals surface area (Å²) >= 11 is 5.92. The van der Waals surface area contributed by atoms with Crippen LogP contribution in [0.3, 0.4) is 0 Å².